The first-order chi connectivity index (χ1) is 9.40. The molecule has 1 aromatic carbocycles. The van der Waals surface area contributed by atoms with E-state index in [-0.39, 0.29) is 13.2 Å². The van der Waals surface area contributed by atoms with Gasteiger partial charge in [0.05, 0.1) is 12.0 Å². The molecule has 0 heterocycles. The lowest BCUT2D eigenvalue weighted by atomic mass is 10.1. The van der Waals surface area contributed by atoms with Crippen LogP contribution in [0.1, 0.15) is 12.0 Å². The van der Waals surface area contributed by atoms with Crippen LogP contribution >= 0.6 is 0 Å². The molecule has 1 saturated carbocycles. The molecule has 1 atom stereocenters. The Morgan fingerprint density at radius 2 is 2.00 bits per heavy atom. The highest BCUT2D eigenvalue weighted by Crippen LogP contribution is 2.60. The molecule has 0 aromatic heterocycles. The van der Waals surface area contributed by atoms with Gasteiger partial charge in [-0.25, -0.2) is 13.6 Å². The highest BCUT2D eigenvalue weighted by molar-refractivity contribution is 5.67. The third-order valence-electron chi connectivity index (χ3n) is 3.57. The zero-order valence-electron chi connectivity index (χ0n) is 11.2. The normalized spacial score (nSPS) is 23.2. The number of carbonyl (C=O) groups is 1. The van der Waals surface area contributed by atoms with Crippen molar-refractivity contribution in [2.24, 2.45) is 5.41 Å². The fourth-order valence-corrected chi connectivity index (χ4v) is 2.12. The Balaban J connectivity index is 1.84. The Hall–Kier alpha value is -1.69. The average molecular weight is 285 g/mol. The van der Waals surface area contributed by atoms with Crippen LogP contribution in [0.4, 0.5) is 13.6 Å². The molecule has 0 aliphatic heterocycles. The standard InChI is InChI=1S/C14H17F2NO3/c1-17(9-13(10-18)8-14(13,15)16)12(19)20-7-11-5-3-2-4-6-11/h2-6,18H,7-10H2,1H3/t13-/m1/s1. The molecule has 1 fully saturated rings. The van der Waals surface area contributed by atoms with Gasteiger partial charge in [-0.3, -0.25) is 0 Å². The highest BCUT2D eigenvalue weighted by atomic mass is 19.3. The molecule has 0 saturated heterocycles. The van der Waals surface area contributed by atoms with Gasteiger partial charge in [0, 0.05) is 20.0 Å². The van der Waals surface area contributed by atoms with Crippen LogP contribution in [0, 0.1) is 5.41 Å². The van der Waals surface area contributed by atoms with Crippen LogP contribution < -0.4 is 0 Å². The fraction of sp³-hybridized carbons (Fsp3) is 0.500. The van der Waals surface area contributed by atoms with Crippen molar-refractivity contribution >= 4 is 6.09 Å². The van der Waals surface area contributed by atoms with E-state index in [0.29, 0.717) is 0 Å². The molecule has 0 unspecified atom stereocenters. The van der Waals surface area contributed by atoms with Gasteiger partial charge in [0.15, 0.2) is 0 Å². The van der Waals surface area contributed by atoms with Crippen molar-refractivity contribution in [3.8, 4) is 0 Å². The zero-order valence-corrected chi connectivity index (χ0v) is 11.2. The maximum atomic E-state index is 13.2. The van der Waals surface area contributed by atoms with Crippen molar-refractivity contribution in [3.05, 3.63) is 35.9 Å². The van der Waals surface area contributed by atoms with Crippen LogP contribution in [0.15, 0.2) is 30.3 Å². The summed E-state index contributed by atoms with van der Waals surface area (Å²) in [5, 5.41) is 9.07. The minimum atomic E-state index is -2.91. The lowest BCUT2D eigenvalue weighted by Crippen LogP contribution is -2.37. The Bertz CT molecular complexity index is 481. The number of carbonyl (C=O) groups excluding carboxylic acids is 1. The number of ether oxygens (including phenoxy) is 1. The largest absolute Gasteiger partial charge is 0.445 e. The van der Waals surface area contributed by atoms with Crippen molar-refractivity contribution in [2.45, 2.75) is 19.0 Å². The van der Waals surface area contributed by atoms with Crippen molar-refractivity contribution in [1.82, 2.24) is 4.90 Å². The monoisotopic (exact) mass is 285 g/mol. The summed E-state index contributed by atoms with van der Waals surface area (Å²) in [7, 11) is 1.39. The van der Waals surface area contributed by atoms with Gasteiger partial charge in [0.25, 0.3) is 5.92 Å². The molecule has 4 nitrogen and oxygen atoms in total. The highest BCUT2D eigenvalue weighted by Gasteiger charge is 2.71. The molecule has 110 valence electrons. The molecule has 6 heteroatoms. The van der Waals surface area contributed by atoms with Gasteiger partial charge in [-0.05, 0) is 5.56 Å². The van der Waals surface area contributed by atoms with E-state index in [9.17, 15) is 13.6 Å². The molecule has 1 aliphatic rings. The first-order valence-corrected chi connectivity index (χ1v) is 6.31. The predicted octanol–water partition coefficient (Wildman–Crippen LogP) is 2.27. The summed E-state index contributed by atoms with van der Waals surface area (Å²) in [4.78, 5) is 12.8. The number of aliphatic hydroxyl groups excluding tert-OH is 1. The molecule has 0 radical (unpaired) electrons. The van der Waals surface area contributed by atoms with Gasteiger partial charge in [-0.2, -0.15) is 0 Å². The van der Waals surface area contributed by atoms with Gasteiger partial charge >= 0.3 is 6.09 Å². The lowest BCUT2D eigenvalue weighted by Gasteiger charge is -2.22. The molecular weight excluding hydrogens is 268 g/mol. The summed E-state index contributed by atoms with van der Waals surface area (Å²) in [5.74, 6) is -2.91. The number of aliphatic hydroxyl groups is 1. The van der Waals surface area contributed by atoms with E-state index in [1.807, 2.05) is 18.2 Å². The van der Waals surface area contributed by atoms with E-state index in [4.69, 9.17) is 9.84 Å². The predicted molar refractivity (Wildman–Crippen MR) is 68.3 cm³/mol. The first-order valence-electron chi connectivity index (χ1n) is 6.31. The maximum Gasteiger partial charge on any atom is 0.409 e. The molecule has 1 amide bonds. The minimum absolute atomic E-state index is 0.0898. The van der Waals surface area contributed by atoms with Crippen molar-refractivity contribution in [3.63, 3.8) is 0 Å². The number of benzene rings is 1. The summed E-state index contributed by atoms with van der Waals surface area (Å²) >= 11 is 0. The van der Waals surface area contributed by atoms with Gasteiger partial charge in [0.2, 0.25) is 0 Å². The maximum absolute atomic E-state index is 13.2. The lowest BCUT2D eigenvalue weighted by molar-refractivity contribution is 0.0195. The Morgan fingerprint density at radius 1 is 1.40 bits per heavy atom. The second-order valence-electron chi connectivity index (χ2n) is 5.22. The molecule has 0 spiro atoms. The van der Waals surface area contributed by atoms with Gasteiger partial charge in [0.1, 0.15) is 6.61 Å². The molecule has 1 N–H and O–H groups in total. The van der Waals surface area contributed by atoms with Crippen molar-refractivity contribution in [1.29, 1.82) is 0 Å². The topological polar surface area (TPSA) is 49.8 Å². The smallest absolute Gasteiger partial charge is 0.409 e. The molecule has 1 aromatic rings. The third-order valence-corrected chi connectivity index (χ3v) is 3.57. The Morgan fingerprint density at radius 3 is 2.50 bits per heavy atom. The van der Waals surface area contributed by atoms with E-state index in [2.05, 4.69) is 0 Å². The molecule has 20 heavy (non-hydrogen) atoms. The minimum Gasteiger partial charge on any atom is -0.445 e. The summed E-state index contributed by atoms with van der Waals surface area (Å²) in [6.45, 7) is -0.771. The van der Waals surface area contributed by atoms with Gasteiger partial charge in [-0.1, -0.05) is 30.3 Å². The van der Waals surface area contributed by atoms with Gasteiger partial charge in [-0.15, -0.1) is 0 Å². The molecule has 0 bridgehead atoms. The summed E-state index contributed by atoms with van der Waals surface area (Å²) in [6, 6.07) is 9.09. The van der Waals surface area contributed by atoms with Crippen LogP contribution in [-0.2, 0) is 11.3 Å². The number of amides is 1. The molecular formula is C14H17F2NO3. The third kappa shape index (κ3) is 2.90. The Kier molecular flexibility index (Phi) is 3.94. The number of rotatable bonds is 5. The molecule has 1 aliphatic carbocycles. The second-order valence-corrected chi connectivity index (χ2v) is 5.22. The van der Waals surface area contributed by atoms with Crippen LogP contribution in [0.2, 0.25) is 0 Å². The molecule has 2 rings (SSSR count). The summed E-state index contributed by atoms with van der Waals surface area (Å²) < 4.78 is 31.4. The average Bonchev–Trinajstić information content (AvgIpc) is 2.98. The zero-order chi connectivity index (χ0) is 14.8. The van der Waals surface area contributed by atoms with E-state index >= 15 is 0 Å². The SMILES string of the molecule is CN(C[C@@]1(CO)CC1(F)F)C(=O)OCc1ccccc1. The number of hydrogen-bond donors (Lipinski definition) is 1. The van der Waals surface area contributed by atoms with Crippen LogP contribution in [0.3, 0.4) is 0 Å². The quantitative estimate of drug-likeness (QED) is 0.903. The number of nitrogens with zero attached hydrogens (tertiary/aromatic N) is 1. The van der Waals surface area contributed by atoms with E-state index in [1.54, 1.807) is 12.1 Å². The van der Waals surface area contributed by atoms with E-state index in [0.717, 1.165) is 10.5 Å². The van der Waals surface area contributed by atoms with E-state index in [1.165, 1.54) is 7.05 Å². The summed E-state index contributed by atoms with van der Waals surface area (Å²) in [6.07, 6.45) is -1.07. The van der Waals surface area contributed by atoms with Crippen molar-refractivity contribution < 1.29 is 23.4 Å². The van der Waals surface area contributed by atoms with E-state index < -0.39 is 30.5 Å². The van der Waals surface area contributed by atoms with Crippen LogP contribution in [-0.4, -0.2) is 42.2 Å². The second kappa shape index (κ2) is 5.36. The Labute approximate surface area is 116 Å². The number of halogens is 2. The summed E-state index contributed by atoms with van der Waals surface area (Å²) in [5.41, 5.74) is -0.684. The van der Waals surface area contributed by atoms with Crippen LogP contribution in [0.25, 0.3) is 0 Å². The first kappa shape index (κ1) is 14.7. The van der Waals surface area contributed by atoms with Crippen molar-refractivity contribution in [2.75, 3.05) is 20.2 Å². The number of hydrogen-bond acceptors (Lipinski definition) is 3. The van der Waals surface area contributed by atoms with Crippen LogP contribution in [0.5, 0.6) is 0 Å². The number of alkyl halides is 2. The fourth-order valence-electron chi connectivity index (χ4n) is 2.12. The van der Waals surface area contributed by atoms with Gasteiger partial charge < -0.3 is 14.7 Å².